The number of aromatic nitrogens is 3. The molecule has 0 spiro atoms. The van der Waals surface area contributed by atoms with Crippen molar-refractivity contribution in [2.75, 3.05) is 5.32 Å². The molecule has 1 atom stereocenters. The summed E-state index contributed by atoms with van der Waals surface area (Å²) >= 11 is 5.88. The summed E-state index contributed by atoms with van der Waals surface area (Å²) in [5.41, 5.74) is 1.88. The van der Waals surface area contributed by atoms with Gasteiger partial charge in [0.25, 0.3) is 0 Å². The zero-order valence-electron chi connectivity index (χ0n) is 11.7. The van der Waals surface area contributed by atoms with E-state index in [9.17, 15) is 0 Å². The van der Waals surface area contributed by atoms with E-state index in [4.69, 9.17) is 16.0 Å². The van der Waals surface area contributed by atoms with Gasteiger partial charge in [-0.1, -0.05) is 11.6 Å². The van der Waals surface area contributed by atoms with Gasteiger partial charge in [0.1, 0.15) is 6.04 Å². The monoisotopic (exact) mass is 302 g/mol. The highest BCUT2D eigenvalue weighted by Crippen LogP contribution is 2.25. The van der Waals surface area contributed by atoms with Gasteiger partial charge in [-0.15, -0.1) is 0 Å². The smallest absolute Gasteiger partial charge is 0.217 e. The van der Waals surface area contributed by atoms with E-state index in [1.54, 1.807) is 17.1 Å². The fraction of sp³-hybridized carbons (Fsp3) is 0.200. The molecule has 0 aliphatic heterocycles. The molecule has 3 rings (SSSR count). The Hall–Kier alpha value is -2.27. The molecule has 2 heterocycles. The van der Waals surface area contributed by atoms with Gasteiger partial charge in [-0.3, -0.25) is 4.68 Å². The van der Waals surface area contributed by atoms with Crippen LogP contribution in [0, 0.1) is 0 Å². The molecule has 1 N–H and O–H groups in total. The number of rotatable bonds is 4. The molecular weight excluding hydrogens is 288 g/mol. The van der Waals surface area contributed by atoms with Gasteiger partial charge in [0.15, 0.2) is 5.76 Å². The van der Waals surface area contributed by atoms with Gasteiger partial charge in [-0.05, 0) is 31.2 Å². The van der Waals surface area contributed by atoms with Crippen LogP contribution in [-0.4, -0.2) is 14.8 Å². The van der Waals surface area contributed by atoms with Crippen molar-refractivity contribution in [3.63, 3.8) is 0 Å². The van der Waals surface area contributed by atoms with Crippen molar-refractivity contribution in [2.45, 2.75) is 13.0 Å². The van der Waals surface area contributed by atoms with Crippen LogP contribution in [0.4, 0.5) is 5.69 Å². The van der Waals surface area contributed by atoms with E-state index in [-0.39, 0.29) is 6.04 Å². The largest absolute Gasteiger partial charge is 0.438 e. The number of nitrogens with one attached hydrogen (secondary N) is 1. The van der Waals surface area contributed by atoms with Gasteiger partial charge in [0.2, 0.25) is 5.89 Å². The summed E-state index contributed by atoms with van der Waals surface area (Å²) in [5.74, 6) is 1.35. The SMILES string of the molecule is C[C@H](Nc1cnn(C)c1)c1ncc(-c2ccc(Cl)cc2)o1. The van der Waals surface area contributed by atoms with Crippen LogP contribution in [0.5, 0.6) is 0 Å². The number of aryl methyl sites for hydroxylation is 1. The lowest BCUT2D eigenvalue weighted by Crippen LogP contribution is -2.06. The average Bonchev–Trinajstić information content (AvgIpc) is 3.09. The maximum Gasteiger partial charge on any atom is 0.217 e. The van der Waals surface area contributed by atoms with E-state index < -0.39 is 0 Å². The van der Waals surface area contributed by atoms with Crippen molar-refractivity contribution in [1.82, 2.24) is 14.8 Å². The molecule has 108 valence electrons. The van der Waals surface area contributed by atoms with E-state index in [0.717, 1.165) is 17.0 Å². The molecule has 3 aromatic rings. The maximum absolute atomic E-state index is 5.88. The fourth-order valence-electron chi connectivity index (χ4n) is 2.04. The Morgan fingerprint density at radius 3 is 2.67 bits per heavy atom. The first-order valence-electron chi connectivity index (χ1n) is 6.58. The van der Waals surface area contributed by atoms with Crippen LogP contribution in [0.25, 0.3) is 11.3 Å². The van der Waals surface area contributed by atoms with Gasteiger partial charge < -0.3 is 9.73 Å². The van der Waals surface area contributed by atoms with Crippen LogP contribution in [0.1, 0.15) is 18.9 Å². The molecule has 0 amide bonds. The van der Waals surface area contributed by atoms with Gasteiger partial charge in [-0.2, -0.15) is 5.10 Å². The van der Waals surface area contributed by atoms with Crippen LogP contribution >= 0.6 is 11.6 Å². The highest BCUT2D eigenvalue weighted by atomic mass is 35.5. The van der Waals surface area contributed by atoms with E-state index in [2.05, 4.69) is 15.4 Å². The summed E-state index contributed by atoms with van der Waals surface area (Å²) in [6.07, 6.45) is 5.39. The molecule has 0 bridgehead atoms. The zero-order chi connectivity index (χ0) is 14.8. The second-order valence-electron chi connectivity index (χ2n) is 4.84. The lowest BCUT2D eigenvalue weighted by atomic mass is 10.2. The average molecular weight is 303 g/mol. The minimum absolute atomic E-state index is 0.0461. The third-order valence-electron chi connectivity index (χ3n) is 3.11. The summed E-state index contributed by atoms with van der Waals surface area (Å²) in [6, 6.07) is 7.43. The van der Waals surface area contributed by atoms with Gasteiger partial charge in [0, 0.05) is 23.8 Å². The number of oxazole rings is 1. The fourth-order valence-corrected chi connectivity index (χ4v) is 2.17. The lowest BCUT2D eigenvalue weighted by Gasteiger charge is -2.09. The predicted octanol–water partition coefficient (Wildman–Crippen LogP) is 3.90. The molecule has 21 heavy (non-hydrogen) atoms. The Balaban J connectivity index is 1.76. The van der Waals surface area contributed by atoms with Crippen LogP contribution in [-0.2, 0) is 7.05 Å². The molecule has 6 heteroatoms. The van der Waals surface area contributed by atoms with Crippen molar-refractivity contribution in [3.8, 4) is 11.3 Å². The molecule has 0 aliphatic rings. The minimum Gasteiger partial charge on any atom is -0.438 e. The number of anilines is 1. The Labute approximate surface area is 127 Å². The zero-order valence-corrected chi connectivity index (χ0v) is 12.5. The van der Waals surface area contributed by atoms with Crippen LogP contribution in [0.15, 0.2) is 47.3 Å². The Morgan fingerprint density at radius 2 is 2.00 bits per heavy atom. The molecule has 0 radical (unpaired) electrons. The van der Waals surface area contributed by atoms with Gasteiger partial charge in [-0.25, -0.2) is 4.98 Å². The summed E-state index contributed by atoms with van der Waals surface area (Å²) in [7, 11) is 1.87. The quantitative estimate of drug-likeness (QED) is 0.794. The summed E-state index contributed by atoms with van der Waals surface area (Å²) < 4.78 is 7.55. The standard InChI is InChI=1S/C15H15ClN4O/c1-10(19-13-7-18-20(2)9-13)15-17-8-14(21-15)11-3-5-12(16)6-4-11/h3-10,19H,1-2H3/t10-/m0/s1. The number of hydrogen-bond acceptors (Lipinski definition) is 4. The van der Waals surface area contributed by atoms with Gasteiger partial charge >= 0.3 is 0 Å². The Morgan fingerprint density at radius 1 is 1.24 bits per heavy atom. The van der Waals surface area contributed by atoms with Crippen molar-refractivity contribution in [1.29, 1.82) is 0 Å². The van der Waals surface area contributed by atoms with Crippen LogP contribution < -0.4 is 5.32 Å². The van der Waals surface area contributed by atoms with Crippen LogP contribution in [0.2, 0.25) is 5.02 Å². The Bertz CT molecular complexity index is 732. The molecule has 5 nitrogen and oxygen atoms in total. The minimum atomic E-state index is -0.0461. The summed E-state index contributed by atoms with van der Waals surface area (Å²) in [5, 5.41) is 8.11. The highest BCUT2D eigenvalue weighted by molar-refractivity contribution is 6.30. The first kappa shape index (κ1) is 13.7. The second-order valence-corrected chi connectivity index (χ2v) is 5.27. The van der Waals surface area contributed by atoms with E-state index in [1.165, 1.54) is 0 Å². The molecule has 0 fully saturated rings. The van der Waals surface area contributed by atoms with Crippen LogP contribution in [0.3, 0.4) is 0 Å². The summed E-state index contributed by atoms with van der Waals surface area (Å²) in [6.45, 7) is 1.99. The topological polar surface area (TPSA) is 55.9 Å². The van der Waals surface area contributed by atoms with Crippen molar-refractivity contribution >= 4 is 17.3 Å². The normalized spacial score (nSPS) is 12.3. The van der Waals surface area contributed by atoms with Gasteiger partial charge in [0.05, 0.1) is 18.1 Å². The third-order valence-corrected chi connectivity index (χ3v) is 3.36. The van der Waals surface area contributed by atoms with E-state index >= 15 is 0 Å². The predicted molar refractivity (Wildman–Crippen MR) is 82.2 cm³/mol. The third kappa shape index (κ3) is 3.08. The second kappa shape index (κ2) is 5.61. The molecule has 2 aromatic heterocycles. The molecule has 1 aromatic carbocycles. The van der Waals surface area contributed by atoms with Crippen molar-refractivity contribution < 1.29 is 4.42 Å². The molecule has 0 saturated carbocycles. The first-order chi connectivity index (χ1) is 10.1. The molecule has 0 unspecified atom stereocenters. The highest BCUT2D eigenvalue weighted by Gasteiger charge is 2.14. The number of benzene rings is 1. The number of nitrogens with zero attached hydrogens (tertiary/aromatic N) is 3. The van der Waals surface area contributed by atoms with E-state index in [1.807, 2.05) is 44.4 Å². The van der Waals surface area contributed by atoms with Crippen molar-refractivity contribution in [3.05, 3.63) is 53.8 Å². The lowest BCUT2D eigenvalue weighted by molar-refractivity contribution is 0.485. The molecule has 0 saturated heterocycles. The van der Waals surface area contributed by atoms with Crippen molar-refractivity contribution in [2.24, 2.45) is 7.05 Å². The number of hydrogen-bond donors (Lipinski definition) is 1. The van der Waals surface area contributed by atoms with E-state index in [0.29, 0.717) is 10.9 Å². The Kier molecular flexibility index (Phi) is 3.66. The maximum atomic E-state index is 5.88. The summed E-state index contributed by atoms with van der Waals surface area (Å²) in [4.78, 5) is 4.33. The number of halogens is 1. The first-order valence-corrected chi connectivity index (χ1v) is 6.96. The molecular formula is C15H15ClN4O. The molecule has 0 aliphatic carbocycles.